The van der Waals surface area contributed by atoms with Crippen LogP contribution in [0.1, 0.15) is 25.7 Å². The molecule has 0 radical (unpaired) electrons. The maximum Gasteiger partial charge on any atom is 0.239 e. The van der Waals surface area contributed by atoms with Crippen LogP contribution in [0.3, 0.4) is 0 Å². The molecule has 1 amide bonds. The van der Waals surface area contributed by atoms with E-state index in [1.165, 1.54) is 19.3 Å². The van der Waals surface area contributed by atoms with Gasteiger partial charge in [-0.15, -0.1) is 0 Å². The highest BCUT2D eigenvalue weighted by molar-refractivity contribution is 5.83. The average molecular weight is 194 g/mol. The highest BCUT2D eigenvalue weighted by Crippen LogP contribution is 2.51. The Morgan fingerprint density at radius 3 is 2.71 bits per heavy atom. The van der Waals surface area contributed by atoms with Gasteiger partial charge in [0.05, 0.1) is 6.04 Å². The van der Waals surface area contributed by atoms with Gasteiger partial charge in [-0.1, -0.05) is 0 Å². The van der Waals surface area contributed by atoms with Gasteiger partial charge < -0.3 is 10.2 Å². The molecule has 4 atom stereocenters. The van der Waals surface area contributed by atoms with E-state index in [4.69, 9.17) is 0 Å². The minimum atomic E-state index is 0.129. The third-order valence-electron chi connectivity index (χ3n) is 4.19. The third-order valence-corrected chi connectivity index (χ3v) is 4.19. The Labute approximate surface area is 84.8 Å². The highest BCUT2D eigenvalue weighted by atomic mass is 16.2. The Morgan fingerprint density at radius 2 is 2.21 bits per heavy atom. The number of hydrogen-bond acceptors (Lipinski definition) is 2. The molecule has 0 bridgehead atoms. The van der Waals surface area contributed by atoms with Crippen LogP contribution in [0.2, 0.25) is 0 Å². The fourth-order valence-corrected chi connectivity index (χ4v) is 3.15. The van der Waals surface area contributed by atoms with Gasteiger partial charge in [0.15, 0.2) is 0 Å². The predicted molar refractivity (Wildman–Crippen MR) is 53.8 cm³/mol. The van der Waals surface area contributed by atoms with E-state index in [1.54, 1.807) is 0 Å². The monoisotopic (exact) mass is 194 g/mol. The molecule has 2 saturated carbocycles. The number of carbonyl (C=O) groups excluding carboxylic acids is 1. The van der Waals surface area contributed by atoms with Crippen LogP contribution in [0.15, 0.2) is 0 Å². The number of likely N-dealkylation sites (tertiary alicyclic amines) is 1. The van der Waals surface area contributed by atoms with E-state index in [1.807, 2.05) is 11.9 Å². The lowest BCUT2D eigenvalue weighted by atomic mass is 10.1. The van der Waals surface area contributed by atoms with Crippen LogP contribution in [0.5, 0.6) is 0 Å². The summed E-state index contributed by atoms with van der Waals surface area (Å²) in [4.78, 5) is 13.5. The molecule has 3 aliphatic rings. The smallest absolute Gasteiger partial charge is 0.239 e. The summed E-state index contributed by atoms with van der Waals surface area (Å²) in [5.74, 6) is 2.21. The van der Waals surface area contributed by atoms with E-state index in [-0.39, 0.29) is 6.04 Å². The van der Waals surface area contributed by atoms with Gasteiger partial charge in [-0.3, -0.25) is 4.79 Å². The van der Waals surface area contributed by atoms with E-state index in [0.29, 0.717) is 11.9 Å². The van der Waals surface area contributed by atoms with Crippen molar-refractivity contribution in [2.24, 2.45) is 11.8 Å². The van der Waals surface area contributed by atoms with E-state index >= 15 is 0 Å². The third kappa shape index (κ3) is 1.26. The zero-order chi connectivity index (χ0) is 9.71. The Bertz CT molecular complexity index is 266. The highest BCUT2D eigenvalue weighted by Gasteiger charge is 2.49. The van der Waals surface area contributed by atoms with Crippen molar-refractivity contribution in [2.75, 3.05) is 13.6 Å². The van der Waals surface area contributed by atoms with Gasteiger partial charge in [-0.2, -0.15) is 0 Å². The fourth-order valence-electron chi connectivity index (χ4n) is 3.15. The average Bonchev–Trinajstić information content (AvgIpc) is 2.78. The number of fused-ring (bicyclic) bond motifs is 1. The van der Waals surface area contributed by atoms with Crippen LogP contribution in [0, 0.1) is 11.8 Å². The van der Waals surface area contributed by atoms with Gasteiger partial charge in [0, 0.05) is 19.6 Å². The van der Waals surface area contributed by atoms with Crippen LogP contribution in [-0.4, -0.2) is 36.5 Å². The summed E-state index contributed by atoms with van der Waals surface area (Å²) >= 11 is 0. The summed E-state index contributed by atoms with van der Waals surface area (Å²) < 4.78 is 0. The number of nitrogens with zero attached hydrogens (tertiary/aromatic N) is 1. The molecular formula is C11H18N2O. The molecule has 3 nitrogen and oxygen atoms in total. The van der Waals surface area contributed by atoms with E-state index in [9.17, 15) is 4.79 Å². The molecule has 78 valence electrons. The normalized spacial score (nSPS) is 45.8. The number of rotatable bonds is 2. The fraction of sp³-hybridized carbons (Fsp3) is 0.909. The zero-order valence-electron chi connectivity index (χ0n) is 8.70. The Kier molecular flexibility index (Phi) is 1.84. The summed E-state index contributed by atoms with van der Waals surface area (Å²) in [7, 11) is 1.90. The van der Waals surface area contributed by atoms with Gasteiger partial charge in [0.2, 0.25) is 5.91 Å². The van der Waals surface area contributed by atoms with Crippen molar-refractivity contribution in [1.29, 1.82) is 0 Å². The summed E-state index contributed by atoms with van der Waals surface area (Å²) in [6.45, 7) is 0.928. The van der Waals surface area contributed by atoms with Crippen molar-refractivity contribution < 1.29 is 4.79 Å². The lowest BCUT2D eigenvalue weighted by molar-refractivity contribution is -0.128. The molecule has 0 aromatic carbocycles. The second kappa shape index (κ2) is 2.96. The van der Waals surface area contributed by atoms with Gasteiger partial charge in [-0.05, 0) is 37.5 Å². The lowest BCUT2D eigenvalue weighted by Crippen LogP contribution is -2.43. The minimum absolute atomic E-state index is 0.129. The van der Waals surface area contributed by atoms with Crippen molar-refractivity contribution in [3.8, 4) is 0 Å². The molecule has 1 N–H and O–H groups in total. The van der Waals surface area contributed by atoms with E-state index in [0.717, 1.165) is 24.8 Å². The zero-order valence-corrected chi connectivity index (χ0v) is 8.70. The minimum Gasteiger partial charge on any atom is -0.344 e. The molecule has 14 heavy (non-hydrogen) atoms. The van der Waals surface area contributed by atoms with E-state index in [2.05, 4.69) is 5.32 Å². The van der Waals surface area contributed by atoms with Gasteiger partial charge in [-0.25, -0.2) is 0 Å². The SMILES string of the molecule is CN1CCC(NC2CCC3CC32)C1=O. The molecule has 3 heteroatoms. The van der Waals surface area contributed by atoms with Crippen molar-refractivity contribution in [3.05, 3.63) is 0 Å². The maximum atomic E-state index is 11.7. The molecule has 0 aromatic heterocycles. The quantitative estimate of drug-likeness (QED) is 0.698. The second-order valence-electron chi connectivity index (χ2n) is 5.11. The van der Waals surface area contributed by atoms with Gasteiger partial charge >= 0.3 is 0 Å². The van der Waals surface area contributed by atoms with Crippen LogP contribution >= 0.6 is 0 Å². The summed E-state index contributed by atoms with van der Waals surface area (Å²) in [6.07, 6.45) is 5.10. The van der Waals surface area contributed by atoms with E-state index < -0.39 is 0 Å². The van der Waals surface area contributed by atoms with Crippen LogP contribution in [0.4, 0.5) is 0 Å². The first-order valence-electron chi connectivity index (χ1n) is 5.77. The molecule has 0 aromatic rings. The first-order chi connectivity index (χ1) is 6.75. The Morgan fingerprint density at radius 1 is 1.36 bits per heavy atom. The molecule has 1 aliphatic heterocycles. The number of hydrogen-bond donors (Lipinski definition) is 1. The Hall–Kier alpha value is -0.570. The Balaban J connectivity index is 1.59. The van der Waals surface area contributed by atoms with Crippen molar-refractivity contribution in [3.63, 3.8) is 0 Å². The molecule has 3 fully saturated rings. The standard InChI is InChI=1S/C11H18N2O/c1-13-5-4-10(11(13)14)12-9-3-2-7-6-8(7)9/h7-10,12H,2-6H2,1H3. The lowest BCUT2D eigenvalue weighted by Gasteiger charge is -2.18. The summed E-state index contributed by atoms with van der Waals surface area (Å²) in [5, 5.41) is 3.56. The van der Waals surface area contributed by atoms with Crippen molar-refractivity contribution in [1.82, 2.24) is 10.2 Å². The summed E-state index contributed by atoms with van der Waals surface area (Å²) in [6, 6.07) is 0.782. The van der Waals surface area contributed by atoms with Crippen LogP contribution in [-0.2, 0) is 4.79 Å². The number of carbonyl (C=O) groups is 1. The molecule has 1 heterocycles. The van der Waals surface area contributed by atoms with Crippen LogP contribution in [0.25, 0.3) is 0 Å². The first kappa shape index (κ1) is 8.72. The molecule has 3 rings (SSSR count). The molecular weight excluding hydrogens is 176 g/mol. The second-order valence-corrected chi connectivity index (χ2v) is 5.11. The topological polar surface area (TPSA) is 32.3 Å². The number of amides is 1. The maximum absolute atomic E-state index is 11.7. The van der Waals surface area contributed by atoms with Crippen molar-refractivity contribution in [2.45, 2.75) is 37.8 Å². The molecule has 0 spiro atoms. The number of nitrogens with one attached hydrogen (secondary N) is 1. The van der Waals surface area contributed by atoms with Crippen molar-refractivity contribution >= 4 is 5.91 Å². The molecule has 4 unspecified atom stereocenters. The van der Waals surface area contributed by atoms with Gasteiger partial charge in [0.25, 0.3) is 0 Å². The summed E-state index contributed by atoms with van der Waals surface area (Å²) in [5.41, 5.74) is 0. The molecule has 1 saturated heterocycles. The predicted octanol–water partition coefficient (Wildman–Crippen LogP) is 0.605. The van der Waals surface area contributed by atoms with Crippen LogP contribution < -0.4 is 5.32 Å². The first-order valence-corrected chi connectivity index (χ1v) is 5.77. The number of likely N-dealkylation sites (N-methyl/N-ethyl adjacent to an activating group) is 1. The largest absolute Gasteiger partial charge is 0.344 e. The van der Waals surface area contributed by atoms with Gasteiger partial charge in [0.1, 0.15) is 0 Å². The molecule has 2 aliphatic carbocycles.